The van der Waals surface area contributed by atoms with Gasteiger partial charge in [0.15, 0.2) is 0 Å². The van der Waals surface area contributed by atoms with Gasteiger partial charge in [-0.15, -0.1) is 11.3 Å². The summed E-state index contributed by atoms with van der Waals surface area (Å²) in [6, 6.07) is 1.32. The molecular weight excluding hydrogens is 230 g/mol. The van der Waals surface area contributed by atoms with Gasteiger partial charge in [-0.1, -0.05) is 13.8 Å². The zero-order chi connectivity index (χ0) is 12.3. The highest BCUT2D eigenvalue weighted by Gasteiger charge is 2.26. The largest absolute Gasteiger partial charge is 0.311 e. The molecule has 0 aliphatic carbocycles. The van der Waals surface area contributed by atoms with Gasteiger partial charge < -0.3 is 5.32 Å². The molecule has 2 atom stereocenters. The minimum atomic E-state index is 0.650. The Morgan fingerprint density at radius 1 is 1.47 bits per heavy atom. The molecule has 1 saturated heterocycles. The molecule has 17 heavy (non-hydrogen) atoms. The van der Waals surface area contributed by atoms with Crippen LogP contribution in [0.15, 0.2) is 5.38 Å². The van der Waals surface area contributed by atoms with E-state index >= 15 is 0 Å². The van der Waals surface area contributed by atoms with Crippen LogP contribution in [0.3, 0.4) is 0 Å². The first-order valence-corrected chi connectivity index (χ1v) is 7.49. The Labute approximate surface area is 108 Å². The summed E-state index contributed by atoms with van der Waals surface area (Å²) >= 11 is 1.75. The van der Waals surface area contributed by atoms with E-state index in [1.165, 1.54) is 23.5 Å². The van der Waals surface area contributed by atoms with Crippen molar-refractivity contribution < 1.29 is 0 Å². The van der Waals surface area contributed by atoms with E-state index in [2.05, 4.69) is 41.4 Å². The molecule has 0 saturated carbocycles. The summed E-state index contributed by atoms with van der Waals surface area (Å²) in [7, 11) is 0. The van der Waals surface area contributed by atoms with Crippen LogP contribution >= 0.6 is 11.3 Å². The molecule has 4 heteroatoms. The second-order valence-corrected chi connectivity index (χ2v) is 5.93. The second kappa shape index (κ2) is 5.94. The molecule has 2 rings (SSSR count). The maximum atomic E-state index is 4.58. The number of hydrogen-bond donors (Lipinski definition) is 1. The van der Waals surface area contributed by atoms with Crippen molar-refractivity contribution in [3.8, 4) is 0 Å². The van der Waals surface area contributed by atoms with E-state index in [-0.39, 0.29) is 0 Å². The minimum Gasteiger partial charge on any atom is -0.311 e. The van der Waals surface area contributed by atoms with Crippen LogP contribution in [0.2, 0.25) is 0 Å². The Morgan fingerprint density at radius 3 is 2.88 bits per heavy atom. The number of hydrogen-bond acceptors (Lipinski definition) is 4. The smallest absolute Gasteiger partial charge is 0.0897 e. The number of nitrogens with zero attached hydrogens (tertiary/aromatic N) is 2. The molecule has 1 N–H and O–H groups in total. The van der Waals surface area contributed by atoms with Gasteiger partial charge in [-0.2, -0.15) is 0 Å². The Kier molecular flexibility index (Phi) is 4.54. The molecule has 1 aromatic rings. The molecule has 0 amide bonds. The second-order valence-electron chi connectivity index (χ2n) is 4.86. The van der Waals surface area contributed by atoms with Gasteiger partial charge in [0.1, 0.15) is 0 Å². The third kappa shape index (κ3) is 3.27. The third-order valence-electron chi connectivity index (χ3n) is 3.61. The summed E-state index contributed by atoms with van der Waals surface area (Å²) < 4.78 is 0. The molecular formula is C13H23N3S. The summed E-state index contributed by atoms with van der Waals surface area (Å²) in [6.07, 6.45) is 2.43. The molecule has 1 aliphatic heterocycles. The molecule has 1 aromatic heterocycles. The highest BCUT2D eigenvalue weighted by atomic mass is 32.1. The Bertz CT molecular complexity index is 350. The zero-order valence-corrected chi connectivity index (χ0v) is 11.9. The standard InChI is InChI=1S/C13H23N3S/c1-4-11-7-16(13(5-2)6-14-11)8-12-9-17-10(3)15-12/h9,11,13-14H,4-8H2,1-3H3. The molecule has 0 bridgehead atoms. The predicted octanol–water partition coefficient (Wildman–Crippen LogP) is 2.41. The van der Waals surface area contributed by atoms with Crippen molar-refractivity contribution >= 4 is 11.3 Å². The SMILES string of the molecule is CCC1CN(Cc2csc(C)n2)C(CC)CN1. The van der Waals surface area contributed by atoms with Crippen LogP contribution < -0.4 is 5.32 Å². The van der Waals surface area contributed by atoms with Crippen molar-refractivity contribution in [3.05, 3.63) is 16.1 Å². The molecule has 96 valence electrons. The van der Waals surface area contributed by atoms with E-state index in [1.54, 1.807) is 11.3 Å². The van der Waals surface area contributed by atoms with Gasteiger partial charge in [0.2, 0.25) is 0 Å². The van der Waals surface area contributed by atoms with E-state index < -0.39 is 0 Å². The highest BCUT2D eigenvalue weighted by molar-refractivity contribution is 7.09. The molecule has 2 heterocycles. The lowest BCUT2D eigenvalue weighted by atomic mass is 10.1. The van der Waals surface area contributed by atoms with Crippen molar-refractivity contribution in [2.75, 3.05) is 13.1 Å². The van der Waals surface area contributed by atoms with E-state index in [9.17, 15) is 0 Å². The van der Waals surface area contributed by atoms with Crippen LogP contribution in [-0.4, -0.2) is 35.1 Å². The lowest BCUT2D eigenvalue weighted by Crippen LogP contribution is -2.55. The van der Waals surface area contributed by atoms with Gasteiger partial charge in [-0.25, -0.2) is 4.98 Å². The minimum absolute atomic E-state index is 0.650. The topological polar surface area (TPSA) is 28.2 Å². The third-order valence-corrected chi connectivity index (χ3v) is 4.43. The van der Waals surface area contributed by atoms with E-state index in [0.717, 1.165) is 19.6 Å². The van der Waals surface area contributed by atoms with Crippen molar-refractivity contribution in [2.45, 2.75) is 52.2 Å². The fourth-order valence-corrected chi connectivity index (χ4v) is 3.09. The number of nitrogens with one attached hydrogen (secondary N) is 1. The van der Waals surface area contributed by atoms with Gasteiger partial charge in [-0.05, 0) is 19.8 Å². The Morgan fingerprint density at radius 2 is 2.29 bits per heavy atom. The Hall–Kier alpha value is -0.450. The first-order valence-electron chi connectivity index (χ1n) is 6.61. The monoisotopic (exact) mass is 253 g/mol. The van der Waals surface area contributed by atoms with Crippen LogP contribution in [0.1, 0.15) is 37.4 Å². The molecule has 0 spiro atoms. The van der Waals surface area contributed by atoms with Crippen molar-refractivity contribution in [1.29, 1.82) is 0 Å². The summed E-state index contributed by atoms with van der Waals surface area (Å²) in [6.45, 7) is 9.91. The maximum Gasteiger partial charge on any atom is 0.0897 e. The van der Waals surface area contributed by atoms with E-state index in [1.807, 2.05) is 0 Å². The first-order chi connectivity index (χ1) is 8.22. The van der Waals surface area contributed by atoms with E-state index in [4.69, 9.17) is 0 Å². The summed E-state index contributed by atoms with van der Waals surface area (Å²) in [5.74, 6) is 0. The number of aromatic nitrogens is 1. The van der Waals surface area contributed by atoms with Crippen LogP contribution in [0.4, 0.5) is 0 Å². The Balaban J connectivity index is 2.00. The van der Waals surface area contributed by atoms with Crippen molar-refractivity contribution in [3.63, 3.8) is 0 Å². The van der Waals surface area contributed by atoms with Crippen LogP contribution in [-0.2, 0) is 6.54 Å². The highest BCUT2D eigenvalue weighted by Crippen LogP contribution is 2.17. The van der Waals surface area contributed by atoms with Crippen molar-refractivity contribution in [1.82, 2.24) is 15.2 Å². The van der Waals surface area contributed by atoms with Crippen LogP contribution in [0.5, 0.6) is 0 Å². The number of thiazole rings is 1. The van der Waals surface area contributed by atoms with Gasteiger partial charge in [0.25, 0.3) is 0 Å². The van der Waals surface area contributed by atoms with Crippen LogP contribution in [0.25, 0.3) is 0 Å². The molecule has 2 unspecified atom stereocenters. The molecule has 1 aliphatic rings. The molecule has 0 aromatic carbocycles. The van der Waals surface area contributed by atoms with Gasteiger partial charge in [-0.3, -0.25) is 4.90 Å². The summed E-state index contributed by atoms with van der Waals surface area (Å²) in [4.78, 5) is 7.18. The fourth-order valence-electron chi connectivity index (χ4n) is 2.49. The zero-order valence-electron chi connectivity index (χ0n) is 11.1. The quantitative estimate of drug-likeness (QED) is 0.893. The first kappa shape index (κ1) is 13.0. The predicted molar refractivity (Wildman–Crippen MR) is 73.4 cm³/mol. The summed E-state index contributed by atoms with van der Waals surface area (Å²) in [5, 5.41) is 7.01. The van der Waals surface area contributed by atoms with E-state index in [0.29, 0.717) is 12.1 Å². The summed E-state index contributed by atoms with van der Waals surface area (Å²) in [5.41, 5.74) is 1.24. The number of aryl methyl sites for hydroxylation is 1. The molecule has 0 radical (unpaired) electrons. The van der Waals surface area contributed by atoms with Gasteiger partial charge in [0, 0.05) is 37.1 Å². The lowest BCUT2D eigenvalue weighted by molar-refractivity contribution is 0.116. The molecule has 3 nitrogen and oxygen atoms in total. The average molecular weight is 253 g/mol. The molecule has 1 fully saturated rings. The van der Waals surface area contributed by atoms with Crippen LogP contribution in [0, 0.1) is 6.92 Å². The number of piperazine rings is 1. The average Bonchev–Trinajstić information content (AvgIpc) is 2.74. The van der Waals surface area contributed by atoms with Gasteiger partial charge in [0.05, 0.1) is 10.7 Å². The lowest BCUT2D eigenvalue weighted by Gasteiger charge is -2.39. The number of rotatable bonds is 4. The fraction of sp³-hybridized carbons (Fsp3) is 0.769. The normalized spacial score (nSPS) is 26.3. The van der Waals surface area contributed by atoms with Gasteiger partial charge >= 0.3 is 0 Å². The van der Waals surface area contributed by atoms with Crippen molar-refractivity contribution in [2.24, 2.45) is 0 Å². The maximum absolute atomic E-state index is 4.58.